The SMILES string of the molecule is COC(=O)C1CC(O)CN1C(=O)c1cc([N+](=O)[O-])cn1C. The molecule has 21 heavy (non-hydrogen) atoms. The highest BCUT2D eigenvalue weighted by Crippen LogP contribution is 2.24. The summed E-state index contributed by atoms with van der Waals surface area (Å²) in [6.45, 7) is -0.0163. The third-order valence-corrected chi connectivity index (χ3v) is 3.43. The molecule has 9 nitrogen and oxygen atoms in total. The molecule has 1 amide bonds. The van der Waals surface area contributed by atoms with E-state index in [1.165, 1.54) is 29.8 Å². The number of aryl methyl sites for hydroxylation is 1. The van der Waals surface area contributed by atoms with E-state index in [2.05, 4.69) is 4.74 Å². The van der Waals surface area contributed by atoms with Crippen LogP contribution < -0.4 is 0 Å². The Labute approximate surface area is 119 Å². The van der Waals surface area contributed by atoms with Crippen molar-refractivity contribution in [3.8, 4) is 0 Å². The van der Waals surface area contributed by atoms with Crippen LogP contribution in [0.1, 0.15) is 16.9 Å². The zero-order chi connectivity index (χ0) is 15.7. The highest BCUT2D eigenvalue weighted by molar-refractivity contribution is 5.96. The van der Waals surface area contributed by atoms with E-state index in [9.17, 15) is 24.8 Å². The number of β-amino-alcohol motifs (C(OH)–C–C–N with tert-alkyl or cyclic N) is 1. The zero-order valence-electron chi connectivity index (χ0n) is 11.6. The maximum Gasteiger partial charge on any atom is 0.328 e. The Balaban J connectivity index is 2.30. The first-order chi connectivity index (χ1) is 9.85. The first-order valence-electron chi connectivity index (χ1n) is 6.22. The molecule has 0 aromatic carbocycles. The Morgan fingerprint density at radius 1 is 1.52 bits per heavy atom. The number of rotatable bonds is 3. The molecule has 2 atom stereocenters. The molecule has 1 saturated heterocycles. The second-order valence-corrected chi connectivity index (χ2v) is 4.84. The number of aliphatic hydroxyl groups is 1. The molecule has 0 saturated carbocycles. The van der Waals surface area contributed by atoms with Crippen molar-refractivity contribution in [3.05, 3.63) is 28.1 Å². The Bertz CT molecular complexity index is 596. The molecule has 1 aliphatic heterocycles. The third-order valence-electron chi connectivity index (χ3n) is 3.43. The van der Waals surface area contributed by atoms with Gasteiger partial charge >= 0.3 is 5.97 Å². The average Bonchev–Trinajstić information content (AvgIpc) is 3.00. The third kappa shape index (κ3) is 2.72. The lowest BCUT2D eigenvalue weighted by Crippen LogP contribution is -2.41. The molecule has 2 heterocycles. The molecule has 0 aliphatic carbocycles. The van der Waals surface area contributed by atoms with E-state index < -0.39 is 28.9 Å². The minimum Gasteiger partial charge on any atom is -0.467 e. The van der Waals surface area contributed by atoms with Crippen LogP contribution in [0.5, 0.6) is 0 Å². The van der Waals surface area contributed by atoms with Gasteiger partial charge < -0.3 is 19.3 Å². The lowest BCUT2D eigenvalue weighted by molar-refractivity contribution is -0.384. The minimum absolute atomic E-state index is 0.0163. The van der Waals surface area contributed by atoms with Gasteiger partial charge in [-0.15, -0.1) is 0 Å². The van der Waals surface area contributed by atoms with Gasteiger partial charge in [0.2, 0.25) is 0 Å². The summed E-state index contributed by atoms with van der Waals surface area (Å²) in [5, 5.41) is 20.4. The summed E-state index contributed by atoms with van der Waals surface area (Å²) >= 11 is 0. The van der Waals surface area contributed by atoms with Crippen molar-refractivity contribution >= 4 is 17.6 Å². The van der Waals surface area contributed by atoms with Crippen molar-refractivity contribution in [3.63, 3.8) is 0 Å². The zero-order valence-corrected chi connectivity index (χ0v) is 11.6. The fourth-order valence-corrected chi connectivity index (χ4v) is 2.40. The summed E-state index contributed by atoms with van der Waals surface area (Å²) in [7, 11) is 2.70. The maximum absolute atomic E-state index is 12.4. The molecule has 2 unspecified atom stereocenters. The number of aromatic nitrogens is 1. The van der Waals surface area contributed by atoms with Gasteiger partial charge in [-0.1, -0.05) is 0 Å². The summed E-state index contributed by atoms with van der Waals surface area (Å²) < 4.78 is 5.93. The molecular weight excluding hydrogens is 282 g/mol. The van der Waals surface area contributed by atoms with E-state index in [-0.39, 0.29) is 24.3 Å². The summed E-state index contributed by atoms with van der Waals surface area (Å²) in [5.74, 6) is -1.18. The van der Waals surface area contributed by atoms with E-state index >= 15 is 0 Å². The lowest BCUT2D eigenvalue weighted by atomic mass is 10.2. The predicted octanol–water partition coefficient (Wildman–Crippen LogP) is -0.318. The summed E-state index contributed by atoms with van der Waals surface area (Å²) in [6.07, 6.45) is 0.478. The van der Waals surface area contributed by atoms with Gasteiger partial charge in [-0.2, -0.15) is 0 Å². The smallest absolute Gasteiger partial charge is 0.328 e. The molecular formula is C12H15N3O6. The number of ether oxygens (including phenoxy) is 1. The first-order valence-corrected chi connectivity index (χ1v) is 6.22. The molecule has 1 fully saturated rings. The van der Waals surface area contributed by atoms with Crippen LogP contribution in [0.3, 0.4) is 0 Å². The van der Waals surface area contributed by atoms with Crippen LogP contribution in [0.2, 0.25) is 0 Å². The number of nitrogens with zero attached hydrogens (tertiary/aromatic N) is 3. The molecule has 0 bridgehead atoms. The number of nitro groups is 1. The van der Waals surface area contributed by atoms with E-state index in [1.54, 1.807) is 0 Å². The van der Waals surface area contributed by atoms with Gasteiger partial charge in [-0.25, -0.2) is 4.79 Å². The van der Waals surface area contributed by atoms with Gasteiger partial charge in [0, 0.05) is 26.1 Å². The van der Waals surface area contributed by atoms with Crippen molar-refractivity contribution in [2.75, 3.05) is 13.7 Å². The number of amides is 1. The normalized spacial score (nSPS) is 21.4. The largest absolute Gasteiger partial charge is 0.467 e. The minimum atomic E-state index is -0.883. The van der Waals surface area contributed by atoms with Crippen LogP contribution in [-0.4, -0.2) is 57.2 Å². The van der Waals surface area contributed by atoms with Gasteiger partial charge in [0.1, 0.15) is 11.7 Å². The number of carbonyl (C=O) groups is 2. The van der Waals surface area contributed by atoms with Gasteiger partial charge in [0.25, 0.3) is 11.6 Å². The molecule has 1 aromatic heterocycles. The van der Waals surface area contributed by atoms with Crippen molar-refractivity contribution in [1.29, 1.82) is 0 Å². The summed E-state index contributed by atoms with van der Waals surface area (Å²) in [5.41, 5.74) is -0.139. The first kappa shape index (κ1) is 15.0. The van der Waals surface area contributed by atoms with Crippen LogP contribution in [0.15, 0.2) is 12.3 Å². The highest BCUT2D eigenvalue weighted by atomic mass is 16.6. The molecule has 1 aliphatic rings. The summed E-state index contributed by atoms with van der Waals surface area (Å²) in [4.78, 5) is 35.4. The fourth-order valence-electron chi connectivity index (χ4n) is 2.40. The fraction of sp³-hybridized carbons (Fsp3) is 0.500. The van der Waals surface area contributed by atoms with Crippen LogP contribution in [0, 0.1) is 10.1 Å². The van der Waals surface area contributed by atoms with E-state index in [0.717, 1.165) is 6.07 Å². The Morgan fingerprint density at radius 3 is 2.71 bits per heavy atom. The Kier molecular flexibility index (Phi) is 3.94. The molecule has 114 valence electrons. The highest BCUT2D eigenvalue weighted by Gasteiger charge is 2.40. The van der Waals surface area contributed by atoms with Crippen molar-refractivity contribution in [2.24, 2.45) is 7.05 Å². The molecule has 2 rings (SSSR count). The second kappa shape index (κ2) is 5.52. The standard InChI is InChI=1S/C12H15N3O6/c1-13-5-7(15(19)20)3-9(13)11(17)14-6-8(16)4-10(14)12(18)21-2/h3,5,8,10,16H,4,6H2,1-2H3. The van der Waals surface area contributed by atoms with Gasteiger partial charge in [-0.05, 0) is 0 Å². The van der Waals surface area contributed by atoms with Gasteiger partial charge in [0.15, 0.2) is 0 Å². The Hall–Kier alpha value is -2.42. The quantitative estimate of drug-likeness (QED) is 0.464. The molecule has 9 heteroatoms. The second-order valence-electron chi connectivity index (χ2n) is 4.84. The van der Waals surface area contributed by atoms with Crippen LogP contribution in [0.25, 0.3) is 0 Å². The van der Waals surface area contributed by atoms with Gasteiger partial charge in [0.05, 0.1) is 24.3 Å². The van der Waals surface area contributed by atoms with Gasteiger partial charge in [-0.3, -0.25) is 14.9 Å². The molecule has 0 radical (unpaired) electrons. The predicted molar refractivity (Wildman–Crippen MR) is 69.5 cm³/mol. The van der Waals surface area contributed by atoms with Crippen molar-refractivity contribution in [2.45, 2.75) is 18.6 Å². The maximum atomic E-state index is 12.4. The number of esters is 1. The number of hydrogen-bond acceptors (Lipinski definition) is 6. The van der Waals surface area contributed by atoms with Crippen LogP contribution in [0.4, 0.5) is 5.69 Å². The van der Waals surface area contributed by atoms with E-state index in [4.69, 9.17) is 0 Å². The number of hydrogen-bond donors (Lipinski definition) is 1. The molecule has 1 aromatic rings. The van der Waals surface area contributed by atoms with E-state index in [1.807, 2.05) is 0 Å². The topological polar surface area (TPSA) is 115 Å². The lowest BCUT2D eigenvalue weighted by Gasteiger charge is -2.22. The number of carbonyl (C=O) groups excluding carboxylic acids is 2. The molecule has 0 spiro atoms. The van der Waals surface area contributed by atoms with Crippen molar-refractivity contribution < 1.29 is 24.4 Å². The van der Waals surface area contributed by atoms with E-state index in [0.29, 0.717) is 0 Å². The number of aliphatic hydroxyl groups excluding tert-OH is 1. The Morgan fingerprint density at radius 2 is 2.19 bits per heavy atom. The summed E-state index contributed by atoms with van der Waals surface area (Å²) in [6, 6.07) is 0.257. The average molecular weight is 297 g/mol. The van der Waals surface area contributed by atoms with Crippen molar-refractivity contribution in [1.82, 2.24) is 9.47 Å². The molecule has 1 N–H and O–H groups in total. The van der Waals surface area contributed by atoms with Crippen LogP contribution >= 0.6 is 0 Å². The monoisotopic (exact) mass is 297 g/mol. The van der Waals surface area contributed by atoms with Crippen LogP contribution in [-0.2, 0) is 16.6 Å². The number of likely N-dealkylation sites (tertiary alicyclic amines) is 1. The number of methoxy groups -OCH3 is 1.